The molecule has 0 atom stereocenters. The third kappa shape index (κ3) is 5.93. The van der Waals surface area contributed by atoms with E-state index < -0.39 is 0 Å². The Balaban J connectivity index is 2.28. The van der Waals surface area contributed by atoms with E-state index in [2.05, 4.69) is 48.0 Å². The summed E-state index contributed by atoms with van der Waals surface area (Å²) in [5.41, 5.74) is 0.998. The van der Waals surface area contributed by atoms with E-state index in [-0.39, 0.29) is 0 Å². The highest BCUT2D eigenvalue weighted by molar-refractivity contribution is 4.91. The lowest BCUT2D eigenvalue weighted by Gasteiger charge is -2.14. The van der Waals surface area contributed by atoms with Gasteiger partial charge in [0.2, 0.25) is 0 Å². The molecule has 0 aliphatic heterocycles. The standard InChI is InChI=1S/C13H25N5/c1-5-6-7-17(4)8-9-18-11-13(15-16-18)10-14-12(2)3/h5,11-12,14H,1,6-10H2,2-4H3. The van der Waals surface area contributed by atoms with Gasteiger partial charge in [-0.25, -0.2) is 0 Å². The molecule has 18 heavy (non-hydrogen) atoms. The van der Waals surface area contributed by atoms with E-state index >= 15 is 0 Å². The van der Waals surface area contributed by atoms with Crippen molar-refractivity contribution in [3.63, 3.8) is 0 Å². The number of likely N-dealkylation sites (N-methyl/N-ethyl adjacent to an activating group) is 1. The highest BCUT2D eigenvalue weighted by atomic mass is 15.4. The van der Waals surface area contributed by atoms with E-state index in [9.17, 15) is 0 Å². The van der Waals surface area contributed by atoms with Crippen LogP contribution in [0.25, 0.3) is 0 Å². The highest BCUT2D eigenvalue weighted by Gasteiger charge is 2.03. The summed E-state index contributed by atoms with van der Waals surface area (Å²) in [5.74, 6) is 0. The predicted molar refractivity (Wildman–Crippen MR) is 74.3 cm³/mol. The van der Waals surface area contributed by atoms with Crippen LogP contribution in [0.1, 0.15) is 26.0 Å². The maximum atomic E-state index is 4.14. The average molecular weight is 251 g/mol. The van der Waals surface area contributed by atoms with Gasteiger partial charge in [-0.3, -0.25) is 4.68 Å². The lowest BCUT2D eigenvalue weighted by Crippen LogP contribution is -2.24. The van der Waals surface area contributed by atoms with Gasteiger partial charge in [-0.15, -0.1) is 11.7 Å². The van der Waals surface area contributed by atoms with Crippen LogP contribution in [0, 0.1) is 0 Å². The normalized spacial score (nSPS) is 11.4. The molecule has 0 aliphatic rings. The fraction of sp³-hybridized carbons (Fsp3) is 0.692. The van der Waals surface area contributed by atoms with E-state index in [1.807, 2.05) is 17.0 Å². The molecule has 1 rings (SSSR count). The topological polar surface area (TPSA) is 46.0 Å². The van der Waals surface area contributed by atoms with Gasteiger partial charge in [0.1, 0.15) is 0 Å². The maximum absolute atomic E-state index is 4.14. The van der Waals surface area contributed by atoms with Gasteiger partial charge >= 0.3 is 0 Å². The number of hydrogen-bond donors (Lipinski definition) is 1. The number of rotatable bonds is 9. The molecular weight excluding hydrogens is 226 g/mol. The van der Waals surface area contributed by atoms with E-state index in [1.54, 1.807) is 0 Å². The van der Waals surface area contributed by atoms with Crippen molar-refractivity contribution in [2.75, 3.05) is 20.1 Å². The molecule has 0 bridgehead atoms. The number of nitrogens with zero attached hydrogens (tertiary/aromatic N) is 4. The van der Waals surface area contributed by atoms with E-state index in [1.165, 1.54) is 0 Å². The van der Waals surface area contributed by atoms with Crippen LogP contribution in [0.2, 0.25) is 0 Å². The summed E-state index contributed by atoms with van der Waals surface area (Å²) in [5, 5.41) is 11.6. The minimum absolute atomic E-state index is 0.472. The zero-order chi connectivity index (χ0) is 13.4. The summed E-state index contributed by atoms with van der Waals surface area (Å²) in [4.78, 5) is 2.27. The van der Waals surface area contributed by atoms with Crippen LogP contribution in [0.15, 0.2) is 18.9 Å². The Hall–Kier alpha value is -1.20. The molecular formula is C13H25N5. The largest absolute Gasteiger partial charge is 0.309 e. The van der Waals surface area contributed by atoms with Crippen molar-refractivity contribution >= 4 is 0 Å². The minimum Gasteiger partial charge on any atom is -0.309 e. The molecule has 0 saturated carbocycles. The summed E-state index contributed by atoms with van der Waals surface area (Å²) in [6.45, 7) is 11.7. The lowest BCUT2D eigenvalue weighted by atomic mass is 10.3. The van der Waals surface area contributed by atoms with Gasteiger partial charge in [-0.05, 0) is 13.5 Å². The van der Waals surface area contributed by atoms with Crippen LogP contribution in [0.4, 0.5) is 0 Å². The molecule has 5 heteroatoms. The maximum Gasteiger partial charge on any atom is 0.0964 e. The molecule has 0 spiro atoms. The first kappa shape index (κ1) is 14.9. The zero-order valence-electron chi connectivity index (χ0n) is 11.8. The van der Waals surface area contributed by atoms with Gasteiger partial charge in [-0.2, -0.15) is 0 Å². The third-order valence-electron chi connectivity index (χ3n) is 2.70. The molecule has 0 fully saturated rings. The Kier molecular flexibility index (Phi) is 6.60. The Bertz CT molecular complexity index is 345. The molecule has 0 unspecified atom stereocenters. The summed E-state index contributed by atoms with van der Waals surface area (Å²) < 4.78 is 1.90. The summed E-state index contributed by atoms with van der Waals surface area (Å²) in [6.07, 6.45) is 4.98. The monoisotopic (exact) mass is 251 g/mol. The van der Waals surface area contributed by atoms with Crippen molar-refractivity contribution in [2.24, 2.45) is 0 Å². The molecule has 0 aromatic carbocycles. The second kappa shape index (κ2) is 8.00. The summed E-state index contributed by atoms with van der Waals surface area (Å²) >= 11 is 0. The van der Waals surface area contributed by atoms with Crippen molar-refractivity contribution in [3.8, 4) is 0 Å². The summed E-state index contributed by atoms with van der Waals surface area (Å²) in [6, 6.07) is 0.472. The first-order valence-electron chi connectivity index (χ1n) is 6.53. The van der Waals surface area contributed by atoms with Gasteiger partial charge in [0.15, 0.2) is 0 Å². The first-order chi connectivity index (χ1) is 8.61. The molecule has 0 radical (unpaired) electrons. The smallest absolute Gasteiger partial charge is 0.0964 e. The van der Waals surface area contributed by atoms with Crippen molar-refractivity contribution in [3.05, 3.63) is 24.5 Å². The SMILES string of the molecule is C=CCCN(C)CCn1cc(CNC(C)C)nn1. The molecule has 0 amide bonds. The summed E-state index contributed by atoms with van der Waals surface area (Å²) in [7, 11) is 2.11. The zero-order valence-corrected chi connectivity index (χ0v) is 11.8. The van der Waals surface area contributed by atoms with Crippen molar-refractivity contribution in [1.82, 2.24) is 25.2 Å². The molecule has 1 aromatic heterocycles. The molecule has 0 saturated heterocycles. The molecule has 102 valence electrons. The van der Waals surface area contributed by atoms with Crippen LogP contribution < -0.4 is 5.32 Å². The van der Waals surface area contributed by atoms with Crippen molar-refractivity contribution in [1.29, 1.82) is 0 Å². The molecule has 1 heterocycles. The van der Waals surface area contributed by atoms with Crippen LogP contribution in [0.3, 0.4) is 0 Å². The number of aromatic nitrogens is 3. The minimum atomic E-state index is 0.472. The van der Waals surface area contributed by atoms with Gasteiger partial charge in [-0.1, -0.05) is 25.1 Å². The fourth-order valence-electron chi connectivity index (χ4n) is 1.53. The first-order valence-corrected chi connectivity index (χ1v) is 6.53. The Labute approximate surface area is 110 Å². The van der Waals surface area contributed by atoms with Crippen LogP contribution >= 0.6 is 0 Å². The molecule has 0 aliphatic carbocycles. The van der Waals surface area contributed by atoms with Gasteiger partial charge < -0.3 is 10.2 Å². The third-order valence-corrected chi connectivity index (χ3v) is 2.70. The highest BCUT2D eigenvalue weighted by Crippen LogP contribution is 1.95. The van der Waals surface area contributed by atoms with Crippen molar-refractivity contribution < 1.29 is 0 Å². The second-order valence-electron chi connectivity index (χ2n) is 4.89. The van der Waals surface area contributed by atoms with E-state index in [4.69, 9.17) is 0 Å². The Morgan fingerprint density at radius 2 is 2.28 bits per heavy atom. The van der Waals surface area contributed by atoms with Crippen LogP contribution in [-0.2, 0) is 13.1 Å². The Morgan fingerprint density at radius 3 is 2.94 bits per heavy atom. The predicted octanol–water partition coefficient (Wildman–Crippen LogP) is 1.28. The average Bonchev–Trinajstić information content (AvgIpc) is 2.79. The van der Waals surface area contributed by atoms with E-state index in [0.717, 1.165) is 38.3 Å². The Morgan fingerprint density at radius 1 is 1.50 bits per heavy atom. The van der Waals surface area contributed by atoms with Gasteiger partial charge in [0.25, 0.3) is 0 Å². The van der Waals surface area contributed by atoms with E-state index in [0.29, 0.717) is 6.04 Å². The molecule has 1 N–H and O–H groups in total. The molecule has 5 nitrogen and oxygen atoms in total. The number of nitrogens with one attached hydrogen (secondary N) is 1. The van der Waals surface area contributed by atoms with Crippen LogP contribution in [-0.4, -0.2) is 46.1 Å². The fourth-order valence-corrected chi connectivity index (χ4v) is 1.53. The quantitative estimate of drug-likeness (QED) is 0.672. The van der Waals surface area contributed by atoms with Gasteiger partial charge in [0.05, 0.1) is 12.2 Å². The molecule has 1 aromatic rings. The van der Waals surface area contributed by atoms with Crippen LogP contribution in [0.5, 0.6) is 0 Å². The lowest BCUT2D eigenvalue weighted by molar-refractivity contribution is 0.316. The van der Waals surface area contributed by atoms with Crippen molar-refractivity contribution in [2.45, 2.75) is 39.4 Å². The number of hydrogen-bond acceptors (Lipinski definition) is 4. The second-order valence-corrected chi connectivity index (χ2v) is 4.89. The van der Waals surface area contributed by atoms with Gasteiger partial charge in [0, 0.05) is 31.9 Å².